The van der Waals surface area contributed by atoms with Crippen LogP contribution in [0.15, 0.2) is 97.3 Å². The van der Waals surface area contributed by atoms with Gasteiger partial charge in [-0.25, -0.2) is 0 Å². The van der Waals surface area contributed by atoms with Crippen molar-refractivity contribution >= 4 is 56.7 Å². The molecule has 0 aliphatic heterocycles. The van der Waals surface area contributed by atoms with E-state index in [2.05, 4.69) is 25.3 Å². The summed E-state index contributed by atoms with van der Waals surface area (Å²) in [6.45, 7) is 1.59. The predicted octanol–water partition coefficient (Wildman–Crippen LogP) is 6.94. The standard InChI is InChI=1S/C38H38N4O5/c1-38(36(45)41-31-16-7-11-27-13-9-23-39-34(27)31,37(46)42-32-17-8-12-28-14-10-24-40-35(28)32)29-21-19-26(20-22-29)25-30(43)15-5-3-4-6-18-33(44)47-2/h7-14,16-17,19-24H,3-6,15,18,25H2,1-2H3,(H,41,45)(H,42,46). The Morgan fingerprint density at radius 2 is 1.17 bits per heavy atom. The van der Waals surface area contributed by atoms with Gasteiger partial charge in [0, 0.05) is 42.4 Å². The molecule has 9 heteroatoms. The Morgan fingerprint density at radius 3 is 1.70 bits per heavy atom. The van der Waals surface area contributed by atoms with Crippen molar-refractivity contribution < 1.29 is 23.9 Å². The van der Waals surface area contributed by atoms with Crippen molar-refractivity contribution in [3.63, 3.8) is 0 Å². The van der Waals surface area contributed by atoms with Gasteiger partial charge >= 0.3 is 5.97 Å². The van der Waals surface area contributed by atoms with Crippen LogP contribution < -0.4 is 10.6 Å². The second-order valence-electron chi connectivity index (χ2n) is 11.7. The van der Waals surface area contributed by atoms with E-state index in [1.807, 2.05) is 48.5 Å². The van der Waals surface area contributed by atoms with Gasteiger partial charge in [-0.2, -0.15) is 0 Å². The maximum Gasteiger partial charge on any atom is 0.305 e. The zero-order chi connectivity index (χ0) is 33.2. The lowest BCUT2D eigenvalue weighted by Gasteiger charge is -2.28. The minimum Gasteiger partial charge on any atom is -0.469 e. The van der Waals surface area contributed by atoms with Gasteiger partial charge in [-0.1, -0.05) is 73.5 Å². The van der Waals surface area contributed by atoms with E-state index in [1.54, 1.807) is 55.7 Å². The first-order valence-electron chi connectivity index (χ1n) is 15.8. The highest BCUT2D eigenvalue weighted by Gasteiger charge is 2.43. The van der Waals surface area contributed by atoms with Crippen LogP contribution in [0.1, 0.15) is 56.6 Å². The van der Waals surface area contributed by atoms with Crippen LogP contribution in [0, 0.1) is 0 Å². The molecule has 0 aliphatic rings. The molecule has 0 saturated heterocycles. The third-order valence-corrected chi connectivity index (χ3v) is 8.42. The molecular formula is C38H38N4O5. The molecule has 0 bridgehead atoms. The molecule has 2 N–H and O–H groups in total. The molecule has 0 saturated carbocycles. The number of hydrogen-bond acceptors (Lipinski definition) is 7. The lowest BCUT2D eigenvalue weighted by molar-refractivity contribution is -0.140. The third-order valence-electron chi connectivity index (χ3n) is 8.42. The van der Waals surface area contributed by atoms with Crippen molar-refractivity contribution in [2.75, 3.05) is 17.7 Å². The van der Waals surface area contributed by atoms with E-state index in [9.17, 15) is 19.2 Å². The van der Waals surface area contributed by atoms with Crippen LogP contribution in [-0.2, 0) is 35.8 Å². The van der Waals surface area contributed by atoms with Crippen LogP contribution in [0.4, 0.5) is 11.4 Å². The molecule has 2 aromatic heterocycles. The highest BCUT2D eigenvalue weighted by Crippen LogP contribution is 2.31. The van der Waals surface area contributed by atoms with Crippen molar-refractivity contribution in [3.8, 4) is 0 Å². The summed E-state index contributed by atoms with van der Waals surface area (Å²) < 4.78 is 4.66. The van der Waals surface area contributed by atoms with Crippen LogP contribution >= 0.6 is 0 Å². The number of fused-ring (bicyclic) bond motifs is 2. The number of Topliss-reactive ketones (excluding diaryl/α,β-unsaturated/α-hetero) is 1. The number of nitrogens with zero attached hydrogens (tertiary/aromatic N) is 2. The molecule has 2 heterocycles. The first-order valence-corrected chi connectivity index (χ1v) is 15.8. The number of ether oxygens (including phenoxy) is 1. The van der Waals surface area contributed by atoms with E-state index in [-0.39, 0.29) is 18.2 Å². The topological polar surface area (TPSA) is 127 Å². The SMILES string of the molecule is COC(=O)CCCCCCC(=O)Cc1ccc(C(C)(C(=O)Nc2cccc3cccnc23)C(=O)Nc2cccc3cccnc23)cc1. The van der Waals surface area contributed by atoms with E-state index >= 15 is 0 Å². The van der Waals surface area contributed by atoms with Crippen molar-refractivity contribution in [2.24, 2.45) is 0 Å². The first kappa shape index (κ1) is 32.9. The monoisotopic (exact) mass is 630 g/mol. The summed E-state index contributed by atoms with van der Waals surface area (Å²) in [5.74, 6) is -1.17. The number of aromatic nitrogens is 2. The smallest absolute Gasteiger partial charge is 0.305 e. The zero-order valence-corrected chi connectivity index (χ0v) is 26.6. The molecule has 9 nitrogen and oxygen atoms in total. The molecule has 5 rings (SSSR count). The number of carbonyl (C=O) groups is 4. The summed E-state index contributed by atoms with van der Waals surface area (Å²) >= 11 is 0. The Morgan fingerprint density at radius 1 is 0.660 bits per heavy atom. The quantitative estimate of drug-likeness (QED) is 0.0773. The summed E-state index contributed by atoms with van der Waals surface area (Å²) in [7, 11) is 1.38. The van der Waals surface area contributed by atoms with Crippen LogP contribution in [0.25, 0.3) is 21.8 Å². The number of amides is 2. The number of nitrogens with one attached hydrogen (secondary N) is 2. The summed E-state index contributed by atoms with van der Waals surface area (Å²) in [5, 5.41) is 7.64. The van der Waals surface area contributed by atoms with Gasteiger partial charge in [0.25, 0.3) is 0 Å². The molecule has 3 aromatic carbocycles. The second-order valence-corrected chi connectivity index (χ2v) is 11.7. The molecule has 5 aromatic rings. The fourth-order valence-corrected chi connectivity index (χ4v) is 5.59. The molecule has 0 atom stereocenters. The number of carbonyl (C=O) groups excluding carboxylic acids is 4. The van der Waals surface area contributed by atoms with Gasteiger partial charge in [0.05, 0.1) is 29.5 Å². The van der Waals surface area contributed by atoms with Crippen LogP contribution in [-0.4, -0.2) is 40.6 Å². The van der Waals surface area contributed by atoms with Gasteiger partial charge < -0.3 is 15.4 Å². The normalized spacial score (nSPS) is 11.3. The van der Waals surface area contributed by atoms with Gasteiger partial charge in [0.2, 0.25) is 11.8 Å². The molecule has 0 fully saturated rings. The maximum atomic E-state index is 14.2. The Bertz CT molecular complexity index is 1800. The van der Waals surface area contributed by atoms with Crippen molar-refractivity contribution in [2.45, 2.75) is 57.3 Å². The minimum atomic E-state index is -1.67. The van der Waals surface area contributed by atoms with E-state index in [1.165, 1.54) is 7.11 Å². The van der Waals surface area contributed by atoms with Crippen LogP contribution in [0.2, 0.25) is 0 Å². The number of benzene rings is 3. The average molecular weight is 631 g/mol. The van der Waals surface area contributed by atoms with Gasteiger partial charge in [-0.3, -0.25) is 29.1 Å². The van der Waals surface area contributed by atoms with E-state index < -0.39 is 17.2 Å². The Labute approximate surface area is 273 Å². The molecule has 2 amide bonds. The highest BCUT2D eigenvalue weighted by molar-refractivity contribution is 6.21. The predicted molar refractivity (Wildman–Crippen MR) is 183 cm³/mol. The minimum absolute atomic E-state index is 0.107. The lowest BCUT2D eigenvalue weighted by atomic mass is 9.79. The van der Waals surface area contributed by atoms with Crippen LogP contribution in [0.5, 0.6) is 0 Å². The second kappa shape index (κ2) is 15.2. The third kappa shape index (κ3) is 7.87. The highest BCUT2D eigenvalue weighted by atomic mass is 16.5. The van der Waals surface area contributed by atoms with Gasteiger partial charge in [0.1, 0.15) is 5.78 Å². The Hall–Kier alpha value is -5.44. The largest absolute Gasteiger partial charge is 0.469 e. The van der Waals surface area contributed by atoms with Crippen molar-refractivity contribution in [1.82, 2.24) is 9.97 Å². The summed E-state index contributed by atoms with van der Waals surface area (Å²) in [6.07, 6.45) is 7.63. The van der Waals surface area contributed by atoms with E-state index in [4.69, 9.17) is 0 Å². The first-order chi connectivity index (χ1) is 22.8. The zero-order valence-electron chi connectivity index (χ0n) is 26.6. The molecule has 0 unspecified atom stereocenters. The lowest BCUT2D eigenvalue weighted by Crippen LogP contribution is -2.47. The van der Waals surface area contributed by atoms with Crippen molar-refractivity contribution in [1.29, 1.82) is 0 Å². The fourth-order valence-electron chi connectivity index (χ4n) is 5.59. The Balaban J connectivity index is 1.35. The molecule has 0 radical (unpaired) electrons. The van der Waals surface area contributed by atoms with Gasteiger partial charge in [0.15, 0.2) is 5.41 Å². The number of ketones is 1. The number of hydrogen-bond donors (Lipinski definition) is 2. The number of para-hydroxylation sites is 2. The molecule has 0 aliphatic carbocycles. The number of rotatable bonds is 14. The number of pyridine rings is 2. The number of methoxy groups -OCH3 is 1. The average Bonchev–Trinajstić information content (AvgIpc) is 3.09. The van der Waals surface area contributed by atoms with Crippen LogP contribution in [0.3, 0.4) is 0 Å². The van der Waals surface area contributed by atoms with Crippen molar-refractivity contribution in [3.05, 3.63) is 108 Å². The number of esters is 1. The van der Waals surface area contributed by atoms with E-state index in [0.717, 1.165) is 42.0 Å². The van der Waals surface area contributed by atoms with Gasteiger partial charge in [-0.15, -0.1) is 0 Å². The number of anilines is 2. The van der Waals surface area contributed by atoms with E-state index in [0.29, 0.717) is 40.8 Å². The summed E-state index contributed by atoms with van der Waals surface area (Å²) in [4.78, 5) is 61.2. The fraction of sp³-hybridized carbons (Fsp3) is 0.263. The van der Waals surface area contributed by atoms with Gasteiger partial charge in [-0.05, 0) is 55.2 Å². The Kier molecular flexibility index (Phi) is 10.7. The summed E-state index contributed by atoms with van der Waals surface area (Å²) in [5.41, 5.74) is 1.81. The number of unbranched alkanes of at least 4 members (excludes halogenated alkanes) is 3. The molecule has 0 spiro atoms. The molecule has 47 heavy (non-hydrogen) atoms. The molecule has 240 valence electrons. The maximum absolute atomic E-state index is 14.2. The molecular weight excluding hydrogens is 592 g/mol. The summed E-state index contributed by atoms with van der Waals surface area (Å²) in [6, 6.07) is 25.5.